The monoisotopic (exact) mass is 514 g/mol. The molecule has 37 heavy (non-hydrogen) atoms. The highest BCUT2D eigenvalue weighted by molar-refractivity contribution is 6.30. The summed E-state index contributed by atoms with van der Waals surface area (Å²) in [7, 11) is 0. The van der Waals surface area contributed by atoms with Gasteiger partial charge in [0.1, 0.15) is 17.6 Å². The molecule has 0 bridgehead atoms. The summed E-state index contributed by atoms with van der Waals surface area (Å²) in [5, 5.41) is 11.2. The minimum atomic E-state index is -1.74. The van der Waals surface area contributed by atoms with E-state index in [0.717, 1.165) is 24.0 Å². The Morgan fingerprint density at radius 2 is 1.65 bits per heavy atom. The molecular weight excluding hydrogens is 491 g/mol. The van der Waals surface area contributed by atoms with Gasteiger partial charge in [-0.15, -0.1) is 0 Å². The van der Waals surface area contributed by atoms with E-state index in [1.165, 1.54) is 25.0 Å². The number of rotatable bonds is 9. The zero-order chi connectivity index (χ0) is 25.9. The number of ketones is 2. The Balaban J connectivity index is 1.38. The largest absolute Gasteiger partial charge is 0.380 e. The number of carbonyl (C=O) groups is 2. The molecule has 1 fully saturated rings. The molecule has 4 aromatic rings. The van der Waals surface area contributed by atoms with E-state index in [4.69, 9.17) is 11.6 Å². The third-order valence-electron chi connectivity index (χ3n) is 6.43. The smallest absolute Gasteiger partial charge is 0.211 e. The summed E-state index contributed by atoms with van der Waals surface area (Å²) in [6.45, 7) is 0.839. The van der Waals surface area contributed by atoms with E-state index in [1.807, 2.05) is 30.3 Å². The van der Waals surface area contributed by atoms with E-state index in [9.17, 15) is 19.1 Å². The third-order valence-corrected chi connectivity index (χ3v) is 6.68. The highest BCUT2D eigenvalue weighted by Crippen LogP contribution is 2.35. The molecule has 5 nitrogen and oxygen atoms in total. The first-order valence-corrected chi connectivity index (χ1v) is 12.4. The number of nitrogens with zero attached hydrogens (tertiary/aromatic N) is 2. The van der Waals surface area contributed by atoms with Gasteiger partial charge in [0, 0.05) is 33.9 Å². The summed E-state index contributed by atoms with van der Waals surface area (Å²) in [6.07, 6.45) is 2.27. The molecule has 1 aliphatic carbocycles. The lowest BCUT2D eigenvalue weighted by Gasteiger charge is -2.25. The summed E-state index contributed by atoms with van der Waals surface area (Å²) in [4.78, 5) is 32.3. The number of hydrogen-bond acceptors (Lipinski definition) is 5. The number of aliphatic hydroxyl groups is 1. The summed E-state index contributed by atoms with van der Waals surface area (Å²) >= 11 is 6.06. The maximum atomic E-state index is 14.5. The average Bonchev–Trinajstić information content (AvgIpc) is 3.76. The van der Waals surface area contributed by atoms with E-state index in [1.54, 1.807) is 42.6 Å². The number of aromatic nitrogens is 1. The highest BCUT2D eigenvalue weighted by Gasteiger charge is 2.26. The second-order valence-electron chi connectivity index (χ2n) is 9.13. The Labute approximate surface area is 219 Å². The molecule has 1 atom stereocenters. The fourth-order valence-electron chi connectivity index (χ4n) is 4.16. The zero-order valence-corrected chi connectivity index (χ0v) is 20.6. The van der Waals surface area contributed by atoms with Crippen molar-refractivity contribution in [3.05, 3.63) is 124 Å². The van der Waals surface area contributed by atoms with Crippen LogP contribution in [-0.4, -0.2) is 28.2 Å². The van der Waals surface area contributed by atoms with Crippen molar-refractivity contribution in [1.82, 2.24) is 4.98 Å². The molecule has 0 amide bonds. The maximum Gasteiger partial charge on any atom is 0.211 e. The van der Waals surface area contributed by atoms with Crippen LogP contribution >= 0.6 is 11.6 Å². The fourth-order valence-corrected chi connectivity index (χ4v) is 4.29. The normalized spacial score (nSPS) is 13.7. The highest BCUT2D eigenvalue weighted by atomic mass is 35.5. The minimum Gasteiger partial charge on any atom is -0.380 e. The molecule has 1 N–H and O–H groups in total. The SMILES string of the molecule is O=C(c1ccc(F)c(C(O)C(=O)c2ccccc2)c1)c1ccc(N(CC2CC2)c2ccc(Cl)cc2)cn1. The number of hydrogen-bond donors (Lipinski definition) is 1. The maximum absolute atomic E-state index is 14.5. The van der Waals surface area contributed by atoms with Gasteiger partial charge in [-0.25, -0.2) is 4.39 Å². The van der Waals surface area contributed by atoms with E-state index < -0.39 is 23.5 Å². The first kappa shape index (κ1) is 24.8. The van der Waals surface area contributed by atoms with Gasteiger partial charge in [0.2, 0.25) is 5.78 Å². The summed E-state index contributed by atoms with van der Waals surface area (Å²) in [5.74, 6) is -1.24. The molecule has 1 heterocycles. The number of pyridine rings is 1. The topological polar surface area (TPSA) is 70.5 Å². The van der Waals surface area contributed by atoms with Gasteiger partial charge in [-0.05, 0) is 73.4 Å². The van der Waals surface area contributed by atoms with Crippen LogP contribution in [0.4, 0.5) is 15.8 Å². The molecule has 1 aromatic heterocycles. The number of aliphatic hydroxyl groups excluding tert-OH is 1. The van der Waals surface area contributed by atoms with Crippen LogP contribution in [0.5, 0.6) is 0 Å². The van der Waals surface area contributed by atoms with Crippen LogP contribution in [0.3, 0.4) is 0 Å². The molecule has 3 aromatic carbocycles. The molecule has 5 rings (SSSR count). The predicted molar refractivity (Wildman–Crippen MR) is 141 cm³/mol. The Morgan fingerprint density at radius 3 is 2.30 bits per heavy atom. The van der Waals surface area contributed by atoms with Gasteiger partial charge in [0.25, 0.3) is 0 Å². The lowest BCUT2D eigenvalue weighted by Crippen LogP contribution is -2.20. The molecule has 186 valence electrons. The number of benzene rings is 3. The van der Waals surface area contributed by atoms with Gasteiger partial charge in [0.05, 0.1) is 11.9 Å². The van der Waals surface area contributed by atoms with E-state index in [2.05, 4.69) is 9.88 Å². The zero-order valence-electron chi connectivity index (χ0n) is 19.9. The molecule has 0 aliphatic heterocycles. The van der Waals surface area contributed by atoms with Crippen molar-refractivity contribution in [2.45, 2.75) is 18.9 Å². The summed E-state index contributed by atoms with van der Waals surface area (Å²) in [5.41, 5.74) is 2.12. The predicted octanol–water partition coefficient (Wildman–Crippen LogP) is 6.57. The Kier molecular flexibility index (Phi) is 7.12. The second-order valence-corrected chi connectivity index (χ2v) is 9.57. The molecule has 1 aliphatic rings. The van der Waals surface area contributed by atoms with Crippen molar-refractivity contribution in [2.75, 3.05) is 11.4 Å². The van der Waals surface area contributed by atoms with Gasteiger partial charge in [-0.3, -0.25) is 14.6 Å². The molecule has 0 spiro atoms. The number of anilines is 2. The van der Waals surface area contributed by atoms with Crippen LogP contribution in [0.15, 0.2) is 91.1 Å². The van der Waals surface area contributed by atoms with Crippen molar-refractivity contribution in [1.29, 1.82) is 0 Å². The lowest BCUT2D eigenvalue weighted by atomic mass is 9.96. The Morgan fingerprint density at radius 1 is 0.946 bits per heavy atom. The van der Waals surface area contributed by atoms with Gasteiger partial charge in [0.15, 0.2) is 5.78 Å². The minimum absolute atomic E-state index is 0.129. The van der Waals surface area contributed by atoms with Crippen LogP contribution in [0.1, 0.15) is 50.9 Å². The summed E-state index contributed by atoms with van der Waals surface area (Å²) < 4.78 is 14.5. The van der Waals surface area contributed by atoms with Crippen LogP contribution in [0.2, 0.25) is 5.02 Å². The number of halogens is 2. The van der Waals surface area contributed by atoms with Gasteiger partial charge >= 0.3 is 0 Å². The van der Waals surface area contributed by atoms with Gasteiger partial charge in [-0.2, -0.15) is 0 Å². The standard InChI is InChI=1S/C30H24ClFN2O3/c31-22-9-11-23(12-10-22)34(18-19-6-7-19)24-13-15-27(33-17-24)28(35)21-8-14-26(32)25(16-21)30(37)29(36)20-4-2-1-3-5-20/h1-5,8-17,19,30,37H,6-7,18H2. The number of carbonyl (C=O) groups excluding carboxylic acids is 2. The lowest BCUT2D eigenvalue weighted by molar-refractivity contribution is 0.0739. The molecule has 0 radical (unpaired) electrons. The van der Waals surface area contributed by atoms with Crippen LogP contribution in [0, 0.1) is 11.7 Å². The Bertz CT molecular complexity index is 1420. The first-order chi connectivity index (χ1) is 17.9. The average molecular weight is 515 g/mol. The molecular formula is C30H24ClFN2O3. The number of Topliss-reactive ketones (excluding diaryl/α,β-unsaturated/α-hetero) is 1. The van der Waals surface area contributed by atoms with E-state index in [-0.39, 0.29) is 22.4 Å². The second kappa shape index (κ2) is 10.6. The van der Waals surface area contributed by atoms with Crippen LogP contribution in [-0.2, 0) is 0 Å². The van der Waals surface area contributed by atoms with Gasteiger partial charge in [-0.1, -0.05) is 41.9 Å². The van der Waals surface area contributed by atoms with Gasteiger partial charge < -0.3 is 10.0 Å². The Hall–Kier alpha value is -3.87. The van der Waals surface area contributed by atoms with E-state index >= 15 is 0 Å². The molecule has 7 heteroatoms. The third kappa shape index (κ3) is 5.61. The molecule has 1 unspecified atom stereocenters. The molecule has 1 saturated carbocycles. The van der Waals surface area contributed by atoms with Crippen molar-refractivity contribution < 1.29 is 19.1 Å². The van der Waals surface area contributed by atoms with Crippen molar-refractivity contribution in [2.24, 2.45) is 5.92 Å². The van der Waals surface area contributed by atoms with Crippen LogP contribution in [0.25, 0.3) is 0 Å². The van der Waals surface area contributed by atoms with Crippen molar-refractivity contribution in [3.63, 3.8) is 0 Å². The first-order valence-electron chi connectivity index (χ1n) is 12.0. The van der Waals surface area contributed by atoms with Crippen molar-refractivity contribution >= 4 is 34.5 Å². The summed E-state index contributed by atoms with van der Waals surface area (Å²) in [6, 6.07) is 22.8. The van der Waals surface area contributed by atoms with Crippen molar-refractivity contribution in [3.8, 4) is 0 Å². The fraction of sp³-hybridized carbons (Fsp3) is 0.167. The van der Waals surface area contributed by atoms with Crippen LogP contribution < -0.4 is 4.90 Å². The molecule has 0 saturated heterocycles. The quantitative estimate of drug-likeness (QED) is 0.256. The van der Waals surface area contributed by atoms with E-state index in [0.29, 0.717) is 10.9 Å².